The second-order valence-corrected chi connectivity index (χ2v) is 8.46. The van der Waals surface area contributed by atoms with Crippen LogP contribution >= 0.6 is 0 Å². The van der Waals surface area contributed by atoms with Crippen LogP contribution in [0.15, 0.2) is 0 Å². The Labute approximate surface area is 122 Å². The minimum Gasteiger partial charge on any atom is -0.311 e. The number of nitrogens with zero attached hydrogens (tertiary/aromatic N) is 1. The minimum atomic E-state index is -0.696. The van der Waals surface area contributed by atoms with Crippen molar-refractivity contribution in [2.45, 2.75) is 58.4 Å². The Bertz CT molecular complexity index is 294. The van der Waals surface area contributed by atoms with Crippen LogP contribution in [0, 0.1) is 11.8 Å². The van der Waals surface area contributed by atoms with Crippen molar-refractivity contribution < 1.29 is 4.21 Å². The number of nitrogens with one attached hydrogen (secondary N) is 1. The molecule has 19 heavy (non-hydrogen) atoms. The molecule has 0 aliphatic carbocycles. The lowest BCUT2D eigenvalue weighted by Crippen LogP contribution is -2.59. The van der Waals surface area contributed by atoms with Gasteiger partial charge in [-0.1, -0.05) is 34.6 Å². The Morgan fingerprint density at radius 3 is 2.32 bits per heavy atom. The SMILES string of the molecule is CC(C)C1CN(CCC(C)S(C)=O)C(C(C)C)CN1. The van der Waals surface area contributed by atoms with E-state index >= 15 is 0 Å². The largest absolute Gasteiger partial charge is 0.311 e. The zero-order chi connectivity index (χ0) is 14.6. The third-order valence-corrected chi connectivity index (χ3v) is 5.82. The first kappa shape index (κ1) is 17.1. The van der Waals surface area contributed by atoms with Gasteiger partial charge >= 0.3 is 0 Å². The van der Waals surface area contributed by atoms with Crippen LogP contribution in [-0.4, -0.2) is 52.3 Å². The van der Waals surface area contributed by atoms with E-state index in [2.05, 4.69) is 44.8 Å². The van der Waals surface area contributed by atoms with Crippen molar-refractivity contribution in [3.8, 4) is 0 Å². The van der Waals surface area contributed by atoms with Gasteiger partial charge in [-0.3, -0.25) is 9.11 Å². The Morgan fingerprint density at radius 1 is 1.21 bits per heavy atom. The molecule has 0 saturated carbocycles. The Balaban J connectivity index is 2.59. The van der Waals surface area contributed by atoms with Gasteiger partial charge < -0.3 is 5.32 Å². The predicted octanol–water partition coefficient (Wildman–Crippen LogP) is 2.10. The van der Waals surface area contributed by atoms with Crippen LogP contribution in [0.5, 0.6) is 0 Å². The zero-order valence-electron chi connectivity index (χ0n) is 13.5. The third-order valence-electron chi connectivity index (χ3n) is 4.45. The summed E-state index contributed by atoms with van der Waals surface area (Å²) in [7, 11) is -0.696. The molecule has 0 aromatic heterocycles. The van der Waals surface area contributed by atoms with Crippen molar-refractivity contribution in [3.63, 3.8) is 0 Å². The standard InChI is InChI=1S/C15H32N2OS/c1-11(2)14-10-17(8-7-13(5)19(6)18)15(9-16-14)12(3)4/h11-16H,7-10H2,1-6H3. The van der Waals surface area contributed by atoms with Crippen molar-refractivity contribution in [1.82, 2.24) is 10.2 Å². The van der Waals surface area contributed by atoms with Crippen LogP contribution in [0.25, 0.3) is 0 Å². The summed E-state index contributed by atoms with van der Waals surface area (Å²) in [5, 5.41) is 3.99. The molecule has 1 heterocycles. The van der Waals surface area contributed by atoms with E-state index in [0.29, 0.717) is 29.2 Å². The van der Waals surface area contributed by atoms with Gasteiger partial charge in [0, 0.05) is 47.5 Å². The summed E-state index contributed by atoms with van der Waals surface area (Å²) in [6.07, 6.45) is 2.86. The van der Waals surface area contributed by atoms with Gasteiger partial charge in [-0.05, 0) is 24.8 Å². The summed E-state index contributed by atoms with van der Waals surface area (Å²) in [6, 6.07) is 1.21. The predicted molar refractivity (Wildman–Crippen MR) is 85.0 cm³/mol. The van der Waals surface area contributed by atoms with E-state index in [1.54, 1.807) is 0 Å². The van der Waals surface area contributed by atoms with Crippen molar-refractivity contribution in [3.05, 3.63) is 0 Å². The lowest BCUT2D eigenvalue weighted by Gasteiger charge is -2.44. The van der Waals surface area contributed by atoms with E-state index in [1.807, 2.05) is 6.26 Å². The topological polar surface area (TPSA) is 32.3 Å². The highest BCUT2D eigenvalue weighted by atomic mass is 32.2. The summed E-state index contributed by atoms with van der Waals surface area (Å²) >= 11 is 0. The van der Waals surface area contributed by atoms with E-state index in [-0.39, 0.29) is 0 Å². The minimum absolute atomic E-state index is 0.306. The van der Waals surface area contributed by atoms with Crippen molar-refractivity contribution in [2.75, 3.05) is 25.9 Å². The molecule has 0 bridgehead atoms. The molecule has 1 N–H and O–H groups in total. The molecule has 0 amide bonds. The van der Waals surface area contributed by atoms with Gasteiger partial charge in [-0.25, -0.2) is 0 Å². The Hall–Kier alpha value is 0.0700. The zero-order valence-corrected chi connectivity index (χ0v) is 14.3. The number of rotatable bonds is 6. The van der Waals surface area contributed by atoms with Crippen LogP contribution in [0.1, 0.15) is 41.0 Å². The fourth-order valence-electron chi connectivity index (χ4n) is 2.73. The highest BCUT2D eigenvalue weighted by molar-refractivity contribution is 7.84. The molecule has 1 fully saturated rings. The molecule has 1 saturated heterocycles. The van der Waals surface area contributed by atoms with Gasteiger partial charge in [0.1, 0.15) is 0 Å². The highest BCUT2D eigenvalue weighted by Crippen LogP contribution is 2.19. The lowest BCUT2D eigenvalue weighted by atomic mass is 9.94. The molecular weight excluding hydrogens is 256 g/mol. The molecule has 0 radical (unpaired) electrons. The smallest absolute Gasteiger partial charge is 0.0329 e. The van der Waals surface area contributed by atoms with Gasteiger partial charge in [0.25, 0.3) is 0 Å². The molecule has 1 aliphatic rings. The van der Waals surface area contributed by atoms with Crippen LogP contribution in [-0.2, 0) is 10.8 Å². The second kappa shape index (κ2) is 7.75. The van der Waals surface area contributed by atoms with Crippen molar-refractivity contribution in [2.24, 2.45) is 11.8 Å². The molecular formula is C15H32N2OS. The molecule has 4 atom stereocenters. The molecule has 0 spiro atoms. The summed E-state index contributed by atoms with van der Waals surface area (Å²) in [5.74, 6) is 1.34. The van der Waals surface area contributed by atoms with Crippen LogP contribution in [0.3, 0.4) is 0 Å². The van der Waals surface area contributed by atoms with E-state index in [1.165, 1.54) is 0 Å². The number of hydrogen-bond donors (Lipinski definition) is 1. The Kier molecular flexibility index (Phi) is 6.98. The number of piperazine rings is 1. The molecule has 1 aliphatic heterocycles. The summed E-state index contributed by atoms with van der Waals surface area (Å²) in [4.78, 5) is 2.62. The molecule has 1 rings (SSSR count). The first-order chi connectivity index (χ1) is 8.82. The van der Waals surface area contributed by atoms with Crippen LogP contribution in [0.2, 0.25) is 0 Å². The third kappa shape index (κ3) is 5.16. The lowest BCUT2D eigenvalue weighted by molar-refractivity contribution is 0.0842. The first-order valence-corrected chi connectivity index (χ1v) is 9.24. The average molecular weight is 289 g/mol. The molecule has 4 heteroatoms. The molecule has 0 aromatic rings. The highest BCUT2D eigenvalue weighted by Gasteiger charge is 2.30. The molecule has 4 unspecified atom stereocenters. The van der Waals surface area contributed by atoms with Gasteiger partial charge in [-0.2, -0.15) is 0 Å². The maximum absolute atomic E-state index is 11.5. The van der Waals surface area contributed by atoms with E-state index < -0.39 is 10.8 Å². The summed E-state index contributed by atoms with van der Waals surface area (Å²) in [6.45, 7) is 14.6. The van der Waals surface area contributed by atoms with E-state index in [9.17, 15) is 4.21 Å². The average Bonchev–Trinajstić information content (AvgIpc) is 2.34. The molecule has 0 aromatic carbocycles. The maximum atomic E-state index is 11.5. The first-order valence-electron chi connectivity index (χ1n) is 7.62. The van der Waals surface area contributed by atoms with Gasteiger partial charge in [0.15, 0.2) is 0 Å². The quantitative estimate of drug-likeness (QED) is 0.812. The maximum Gasteiger partial charge on any atom is 0.0329 e. The van der Waals surface area contributed by atoms with Crippen LogP contribution < -0.4 is 5.32 Å². The number of hydrogen-bond acceptors (Lipinski definition) is 3. The van der Waals surface area contributed by atoms with E-state index in [4.69, 9.17) is 0 Å². The van der Waals surface area contributed by atoms with Crippen molar-refractivity contribution in [1.29, 1.82) is 0 Å². The summed E-state index contributed by atoms with van der Waals surface area (Å²) < 4.78 is 11.5. The molecule has 3 nitrogen and oxygen atoms in total. The Morgan fingerprint density at radius 2 is 1.84 bits per heavy atom. The van der Waals surface area contributed by atoms with Gasteiger partial charge in [-0.15, -0.1) is 0 Å². The van der Waals surface area contributed by atoms with E-state index in [0.717, 1.165) is 26.1 Å². The van der Waals surface area contributed by atoms with Gasteiger partial charge in [0.2, 0.25) is 0 Å². The van der Waals surface area contributed by atoms with Crippen LogP contribution in [0.4, 0.5) is 0 Å². The van der Waals surface area contributed by atoms with Gasteiger partial charge in [0.05, 0.1) is 0 Å². The monoisotopic (exact) mass is 288 g/mol. The summed E-state index contributed by atoms with van der Waals surface area (Å²) in [5.41, 5.74) is 0. The normalized spacial score (nSPS) is 28.8. The fraction of sp³-hybridized carbons (Fsp3) is 1.00. The second-order valence-electron chi connectivity index (χ2n) is 6.66. The fourth-order valence-corrected chi connectivity index (χ4v) is 3.17. The van der Waals surface area contributed by atoms with Crippen molar-refractivity contribution >= 4 is 10.8 Å². The molecule has 114 valence electrons.